The lowest BCUT2D eigenvalue weighted by Gasteiger charge is -2.46. The maximum atomic E-state index is 13.1. The molecule has 0 spiro atoms. The van der Waals surface area contributed by atoms with Gasteiger partial charge in [0.25, 0.3) is 5.56 Å². The second kappa shape index (κ2) is 7.38. The fourth-order valence-electron chi connectivity index (χ4n) is 5.57. The molecule has 6 heterocycles. The van der Waals surface area contributed by atoms with Crippen LogP contribution in [0.5, 0.6) is 0 Å². The van der Waals surface area contributed by atoms with Gasteiger partial charge in [0.15, 0.2) is 0 Å². The van der Waals surface area contributed by atoms with Crippen LogP contribution in [-0.4, -0.2) is 60.6 Å². The third-order valence-corrected chi connectivity index (χ3v) is 7.34. The third-order valence-electron chi connectivity index (χ3n) is 7.34. The van der Waals surface area contributed by atoms with Crippen LogP contribution in [0, 0.1) is 6.92 Å². The van der Waals surface area contributed by atoms with Crippen molar-refractivity contribution < 1.29 is 0 Å². The molecule has 0 unspecified atom stereocenters. The van der Waals surface area contributed by atoms with E-state index in [1.165, 1.54) is 19.4 Å². The summed E-state index contributed by atoms with van der Waals surface area (Å²) in [6.45, 7) is 10.7. The van der Waals surface area contributed by atoms with E-state index in [1.807, 2.05) is 36.0 Å². The van der Waals surface area contributed by atoms with Gasteiger partial charge in [0.2, 0.25) is 0 Å². The van der Waals surface area contributed by atoms with Crippen LogP contribution in [0.4, 0.5) is 5.69 Å². The molecule has 0 saturated carbocycles. The highest BCUT2D eigenvalue weighted by Crippen LogP contribution is 2.34. The SMILES string of the molecule is CCc1nc(C)cn2nc(-c3cc(=O)n4cc(N5CCN6CCC[C@]6(C)C5)ccc4n3)cc12. The molecule has 0 amide bonds. The molecule has 170 valence electrons. The van der Waals surface area contributed by atoms with Crippen LogP contribution in [0.3, 0.4) is 0 Å². The summed E-state index contributed by atoms with van der Waals surface area (Å²) >= 11 is 0. The number of piperazine rings is 1. The molecule has 0 aliphatic carbocycles. The first kappa shape index (κ1) is 20.4. The van der Waals surface area contributed by atoms with Crippen molar-refractivity contribution in [3.05, 3.63) is 58.4 Å². The van der Waals surface area contributed by atoms with Gasteiger partial charge in [-0.3, -0.25) is 19.1 Å². The van der Waals surface area contributed by atoms with E-state index < -0.39 is 0 Å². The van der Waals surface area contributed by atoms with E-state index in [9.17, 15) is 4.79 Å². The van der Waals surface area contributed by atoms with Crippen LogP contribution < -0.4 is 10.5 Å². The minimum atomic E-state index is -0.0929. The van der Waals surface area contributed by atoms with Gasteiger partial charge in [-0.15, -0.1) is 0 Å². The van der Waals surface area contributed by atoms with Crippen molar-refractivity contribution in [2.45, 2.75) is 45.6 Å². The summed E-state index contributed by atoms with van der Waals surface area (Å²) < 4.78 is 3.49. The van der Waals surface area contributed by atoms with Crippen molar-refractivity contribution in [3.8, 4) is 11.4 Å². The normalized spacial score (nSPS) is 21.2. The van der Waals surface area contributed by atoms with Gasteiger partial charge in [-0.1, -0.05) is 6.92 Å². The molecular formula is C25H29N7O. The molecule has 8 heteroatoms. The maximum absolute atomic E-state index is 13.1. The Morgan fingerprint density at radius 2 is 1.94 bits per heavy atom. The lowest BCUT2D eigenvalue weighted by molar-refractivity contribution is 0.138. The molecule has 0 bridgehead atoms. The smallest absolute Gasteiger partial charge is 0.258 e. The van der Waals surface area contributed by atoms with E-state index in [-0.39, 0.29) is 11.1 Å². The molecule has 33 heavy (non-hydrogen) atoms. The molecule has 0 radical (unpaired) electrons. The topological polar surface area (TPSA) is 71.0 Å². The number of hydrogen-bond donors (Lipinski definition) is 0. The van der Waals surface area contributed by atoms with Crippen molar-refractivity contribution in [1.29, 1.82) is 0 Å². The molecule has 4 aromatic heterocycles. The molecule has 1 atom stereocenters. The molecule has 4 aromatic rings. The average Bonchev–Trinajstić information content (AvgIpc) is 3.40. The van der Waals surface area contributed by atoms with Gasteiger partial charge < -0.3 is 4.90 Å². The summed E-state index contributed by atoms with van der Waals surface area (Å²) in [5.74, 6) is 0. The first-order valence-corrected chi connectivity index (χ1v) is 11.8. The number of hydrogen-bond acceptors (Lipinski definition) is 6. The van der Waals surface area contributed by atoms with E-state index in [4.69, 9.17) is 4.98 Å². The summed E-state index contributed by atoms with van der Waals surface area (Å²) in [6.07, 6.45) is 7.17. The highest BCUT2D eigenvalue weighted by molar-refractivity contribution is 5.66. The molecule has 6 rings (SSSR count). The van der Waals surface area contributed by atoms with Gasteiger partial charge >= 0.3 is 0 Å². The molecule has 2 aliphatic rings. The minimum absolute atomic E-state index is 0.0929. The van der Waals surface area contributed by atoms with Crippen LogP contribution in [0.25, 0.3) is 22.6 Å². The number of aromatic nitrogens is 5. The molecule has 2 fully saturated rings. The van der Waals surface area contributed by atoms with Gasteiger partial charge in [-0.25, -0.2) is 9.50 Å². The lowest BCUT2D eigenvalue weighted by atomic mass is 9.95. The third kappa shape index (κ3) is 3.31. The zero-order valence-electron chi connectivity index (χ0n) is 19.5. The Hall–Kier alpha value is -3.26. The first-order chi connectivity index (χ1) is 15.9. The van der Waals surface area contributed by atoms with Gasteiger partial charge in [0, 0.05) is 37.4 Å². The number of nitrogens with zero attached hydrogens (tertiary/aromatic N) is 7. The van der Waals surface area contributed by atoms with Crippen molar-refractivity contribution >= 4 is 16.9 Å². The van der Waals surface area contributed by atoms with Crippen LogP contribution >= 0.6 is 0 Å². The summed E-state index contributed by atoms with van der Waals surface area (Å²) in [5.41, 5.74) is 5.98. The zero-order chi connectivity index (χ0) is 22.7. The fraction of sp³-hybridized carbons (Fsp3) is 0.440. The van der Waals surface area contributed by atoms with E-state index in [0.29, 0.717) is 17.0 Å². The number of rotatable bonds is 3. The van der Waals surface area contributed by atoms with Crippen molar-refractivity contribution in [3.63, 3.8) is 0 Å². The monoisotopic (exact) mass is 443 g/mol. The highest BCUT2D eigenvalue weighted by atomic mass is 16.1. The van der Waals surface area contributed by atoms with Crippen molar-refractivity contribution in [1.82, 2.24) is 28.9 Å². The van der Waals surface area contributed by atoms with Gasteiger partial charge in [-0.05, 0) is 57.9 Å². The minimum Gasteiger partial charge on any atom is -0.367 e. The number of pyridine rings is 1. The fourth-order valence-corrected chi connectivity index (χ4v) is 5.57. The Labute approximate surface area is 192 Å². The predicted octanol–water partition coefficient (Wildman–Crippen LogP) is 2.95. The molecule has 0 N–H and O–H groups in total. The van der Waals surface area contributed by atoms with E-state index in [1.54, 1.807) is 10.5 Å². The first-order valence-electron chi connectivity index (χ1n) is 11.8. The quantitative estimate of drug-likeness (QED) is 0.485. The Balaban J connectivity index is 1.37. The highest BCUT2D eigenvalue weighted by Gasteiger charge is 2.41. The lowest BCUT2D eigenvalue weighted by Crippen LogP contribution is -2.57. The van der Waals surface area contributed by atoms with E-state index in [2.05, 4.69) is 39.8 Å². The second-order valence-electron chi connectivity index (χ2n) is 9.65. The molecule has 2 saturated heterocycles. The van der Waals surface area contributed by atoms with Gasteiger partial charge in [0.1, 0.15) is 11.3 Å². The van der Waals surface area contributed by atoms with E-state index in [0.717, 1.165) is 48.6 Å². The summed E-state index contributed by atoms with van der Waals surface area (Å²) in [7, 11) is 0. The van der Waals surface area contributed by atoms with Gasteiger partial charge in [-0.2, -0.15) is 5.10 Å². The van der Waals surface area contributed by atoms with Crippen LogP contribution in [0.2, 0.25) is 0 Å². The number of fused-ring (bicyclic) bond motifs is 3. The largest absolute Gasteiger partial charge is 0.367 e. The summed E-state index contributed by atoms with van der Waals surface area (Å²) in [6, 6.07) is 7.59. The molecule has 8 nitrogen and oxygen atoms in total. The Bertz CT molecular complexity index is 1440. The maximum Gasteiger partial charge on any atom is 0.258 e. The zero-order valence-corrected chi connectivity index (χ0v) is 19.5. The molecular weight excluding hydrogens is 414 g/mol. The van der Waals surface area contributed by atoms with E-state index >= 15 is 0 Å². The van der Waals surface area contributed by atoms with Crippen molar-refractivity contribution in [2.24, 2.45) is 0 Å². The van der Waals surface area contributed by atoms with Crippen LogP contribution in [0.1, 0.15) is 38.1 Å². The number of anilines is 1. The summed E-state index contributed by atoms with van der Waals surface area (Å²) in [4.78, 5) is 27.5. The number of aryl methyl sites for hydroxylation is 2. The Morgan fingerprint density at radius 1 is 1.06 bits per heavy atom. The Kier molecular flexibility index (Phi) is 4.55. The molecule has 0 aromatic carbocycles. The van der Waals surface area contributed by atoms with Crippen molar-refractivity contribution in [2.75, 3.05) is 31.1 Å². The molecule has 2 aliphatic heterocycles. The van der Waals surface area contributed by atoms with Crippen LogP contribution in [-0.2, 0) is 6.42 Å². The second-order valence-corrected chi connectivity index (χ2v) is 9.65. The average molecular weight is 444 g/mol. The Morgan fingerprint density at radius 3 is 2.79 bits per heavy atom. The van der Waals surface area contributed by atoms with Crippen LogP contribution in [0.15, 0.2) is 41.5 Å². The van der Waals surface area contributed by atoms with Gasteiger partial charge in [0.05, 0.1) is 34.5 Å². The predicted molar refractivity (Wildman–Crippen MR) is 129 cm³/mol. The summed E-state index contributed by atoms with van der Waals surface area (Å²) in [5, 5.41) is 4.68. The standard InChI is InChI=1S/C25H29N7O/c1-4-19-22-12-21(28-32(22)14-17(2)26-19)20-13-24(33)31-15-18(6-7-23(31)27-20)29-10-11-30-9-5-8-25(30,3)16-29/h6-7,12-15H,4-5,8-11,16H2,1-3H3/t25-/m1/s1.